The molecule has 1 aromatic carbocycles. The lowest BCUT2D eigenvalue weighted by atomic mass is 9.88. The molecule has 0 N–H and O–H groups in total. The smallest absolute Gasteiger partial charge is 0.366 e. The van der Waals surface area contributed by atoms with Crippen LogP contribution in [0, 0.1) is 6.92 Å². The fraction of sp³-hybridized carbons (Fsp3) is 0.634. The number of benzene rings is 1. The van der Waals surface area contributed by atoms with E-state index < -0.39 is 151 Å². The molecule has 0 aromatic heterocycles. The van der Waals surface area contributed by atoms with E-state index in [9.17, 15) is 54.2 Å². The van der Waals surface area contributed by atoms with Gasteiger partial charge in [-0.1, -0.05) is 39.7 Å². The molecule has 2 aliphatic rings. The van der Waals surface area contributed by atoms with Crippen molar-refractivity contribution in [2.75, 3.05) is 27.4 Å². The van der Waals surface area contributed by atoms with Crippen LogP contribution >= 0.6 is 11.8 Å². The summed E-state index contributed by atoms with van der Waals surface area (Å²) in [6.07, 6.45) is -16.6. The highest BCUT2D eigenvalue weighted by molar-refractivity contribution is 8.01. The summed E-state index contributed by atoms with van der Waals surface area (Å²) in [5.41, 5.74) is 20.4. The van der Waals surface area contributed by atoms with E-state index in [1.54, 1.807) is 24.3 Å². The highest BCUT2D eigenvalue weighted by Gasteiger charge is 2.61. The van der Waals surface area contributed by atoms with Crippen LogP contribution in [0.4, 0.5) is 0 Å². The Morgan fingerprint density at radius 1 is 0.638 bits per heavy atom. The number of esters is 9. The summed E-state index contributed by atoms with van der Waals surface area (Å²) in [6, 6.07) is 3.25. The van der Waals surface area contributed by atoms with E-state index in [1.807, 2.05) is 6.92 Å². The quantitative estimate of drug-likeness (QED) is 0.0561. The summed E-state index contributed by atoms with van der Waals surface area (Å²) in [5, 5.41) is 7.48. The molecule has 27 nitrogen and oxygen atoms in total. The van der Waals surface area contributed by atoms with Gasteiger partial charge in [0, 0.05) is 69.6 Å². The Labute approximate surface area is 397 Å². The molecule has 378 valence electrons. The predicted octanol–water partition coefficient (Wildman–Crippen LogP) is 2.93. The number of aryl methyl sites for hydroxylation is 1. The zero-order valence-electron chi connectivity index (χ0n) is 39.1. The number of thioether (sulfide) groups is 1. The number of carbonyl (C=O) groups excluding carboxylic acids is 9. The second kappa shape index (κ2) is 25.6. The van der Waals surface area contributed by atoms with Gasteiger partial charge < -0.3 is 56.8 Å². The molecule has 2 fully saturated rings. The molecular formula is C41H52N6O21S. The average Bonchev–Trinajstić information content (AvgIpc) is 3.26. The van der Waals surface area contributed by atoms with Gasteiger partial charge in [-0.05, 0) is 30.1 Å². The van der Waals surface area contributed by atoms with Crippen LogP contribution < -0.4 is 0 Å². The third-order valence-corrected chi connectivity index (χ3v) is 11.1. The summed E-state index contributed by atoms with van der Waals surface area (Å²) in [4.78, 5) is 120. The van der Waals surface area contributed by atoms with Gasteiger partial charge in [0.15, 0.2) is 24.4 Å². The first-order valence-corrected chi connectivity index (χ1v) is 21.4. The van der Waals surface area contributed by atoms with Gasteiger partial charge in [0.1, 0.15) is 43.1 Å². The third kappa shape index (κ3) is 15.7. The van der Waals surface area contributed by atoms with E-state index in [0.29, 0.717) is 4.90 Å². The van der Waals surface area contributed by atoms with Crippen molar-refractivity contribution in [3.05, 3.63) is 50.7 Å². The molecule has 0 amide bonds. The van der Waals surface area contributed by atoms with Gasteiger partial charge in [-0.2, -0.15) is 0 Å². The van der Waals surface area contributed by atoms with Gasteiger partial charge in [0.2, 0.25) is 4.93 Å². The van der Waals surface area contributed by atoms with Crippen molar-refractivity contribution in [2.45, 2.75) is 145 Å². The Balaban J connectivity index is 2.37. The SMILES string of the molecule is COC(=O)[C@@]1(OC[C@@H](OC(C)=O)[C@@H](OC(C)=O)[C@@H]2O[C@@](Sc3ccc(C)cc3)(C(=O)OC)C[C@H](OC(C)=O)[C@H]2N=[N+]=[N-])C[C@H](OC(C)=O)[C@@H](N=[N+]=[N-])[C@H]([C@H](OC(C)=O)[C@@H](COC(C)=O)OC(C)=O)O1. The summed E-state index contributed by atoms with van der Waals surface area (Å²) >= 11 is 0.785. The van der Waals surface area contributed by atoms with Gasteiger partial charge in [-0.25, -0.2) is 9.59 Å². The molecule has 2 heterocycles. The third-order valence-electron chi connectivity index (χ3n) is 9.88. The van der Waals surface area contributed by atoms with Gasteiger partial charge in [-0.15, -0.1) is 0 Å². The van der Waals surface area contributed by atoms with Crippen LogP contribution in [0.3, 0.4) is 0 Å². The molecular weight excluding hydrogens is 945 g/mol. The van der Waals surface area contributed by atoms with Gasteiger partial charge >= 0.3 is 53.7 Å². The topological polar surface area (TPSA) is 362 Å². The standard InChI is InChI=1S/C41H52N6O21S/c1-19-11-13-27(14-12-19)69-41(39(56)58-10)16-29(62-22(4)50)33(45-47-43)37(68-41)35(66-26(8)54)31(64-24(6)52)18-60-40(38(55)57-9)15-28(61-21(3)49)32(44-46-42)36(67-40)34(65-25(7)53)30(63-23(5)51)17-59-20(2)48/h11-14,28-37H,15-18H2,1-10H3/t28-,29-,30+,31+,32+,33+,34+,35+,36+,37+,40+,41-/m0/s1. The number of methoxy groups -OCH3 is 2. The molecule has 0 unspecified atom stereocenters. The van der Waals surface area contributed by atoms with Crippen LogP contribution in [0.2, 0.25) is 0 Å². The first-order valence-electron chi connectivity index (χ1n) is 20.6. The molecule has 1 aromatic rings. The summed E-state index contributed by atoms with van der Waals surface area (Å²) < 4.78 is 67.5. The fourth-order valence-electron chi connectivity index (χ4n) is 7.40. The van der Waals surface area contributed by atoms with Crippen molar-refractivity contribution in [1.29, 1.82) is 0 Å². The molecule has 0 saturated carbocycles. The predicted molar refractivity (Wildman–Crippen MR) is 227 cm³/mol. The molecule has 0 spiro atoms. The van der Waals surface area contributed by atoms with E-state index in [2.05, 4.69) is 20.1 Å². The Hall–Kier alpha value is -6.70. The lowest BCUT2D eigenvalue weighted by Crippen LogP contribution is -2.66. The Bertz CT molecular complexity index is 2190. The van der Waals surface area contributed by atoms with E-state index in [0.717, 1.165) is 80.0 Å². The molecule has 12 atom stereocenters. The van der Waals surface area contributed by atoms with E-state index in [-0.39, 0.29) is 0 Å². The zero-order chi connectivity index (χ0) is 51.8. The number of nitrogens with zero attached hydrogens (tertiary/aromatic N) is 6. The van der Waals surface area contributed by atoms with Gasteiger partial charge in [-0.3, -0.25) is 33.6 Å². The molecule has 0 aliphatic carbocycles. The van der Waals surface area contributed by atoms with Crippen LogP contribution in [0.25, 0.3) is 20.9 Å². The minimum Gasteiger partial charge on any atom is -0.466 e. The lowest BCUT2D eigenvalue weighted by molar-refractivity contribution is -0.319. The summed E-state index contributed by atoms with van der Waals surface area (Å²) in [5.74, 6) is -12.5. The number of azide groups is 2. The normalized spacial score (nSPS) is 25.7. The first-order chi connectivity index (χ1) is 32.4. The maximum absolute atomic E-state index is 14.1. The molecule has 3 rings (SSSR count). The summed E-state index contributed by atoms with van der Waals surface area (Å²) in [7, 11) is 1.91. The average molecular weight is 997 g/mol. The second-order valence-corrected chi connectivity index (χ2v) is 16.6. The van der Waals surface area contributed by atoms with Crippen LogP contribution in [-0.2, 0) is 100.0 Å². The number of hydrogen-bond donors (Lipinski definition) is 0. The number of rotatable bonds is 21. The van der Waals surface area contributed by atoms with Crippen LogP contribution in [0.1, 0.15) is 66.9 Å². The lowest BCUT2D eigenvalue weighted by Gasteiger charge is -2.48. The van der Waals surface area contributed by atoms with Gasteiger partial charge in [0.05, 0.1) is 27.2 Å². The Kier molecular flexibility index (Phi) is 21.0. The van der Waals surface area contributed by atoms with Crippen molar-refractivity contribution >= 4 is 65.5 Å². The van der Waals surface area contributed by atoms with E-state index in [4.69, 9.17) is 56.8 Å². The van der Waals surface area contributed by atoms with Crippen molar-refractivity contribution in [3.8, 4) is 0 Å². The Morgan fingerprint density at radius 3 is 1.51 bits per heavy atom. The van der Waals surface area contributed by atoms with E-state index >= 15 is 0 Å². The van der Waals surface area contributed by atoms with Crippen LogP contribution in [-0.4, -0.2) is 153 Å². The van der Waals surface area contributed by atoms with Crippen LogP contribution in [0.15, 0.2) is 39.4 Å². The largest absolute Gasteiger partial charge is 0.466 e. The molecule has 2 saturated heterocycles. The first kappa shape index (κ1) is 56.6. The van der Waals surface area contributed by atoms with Crippen molar-refractivity contribution < 1.29 is 100.0 Å². The van der Waals surface area contributed by atoms with Crippen molar-refractivity contribution in [1.82, 2.24) is 0 Å². The zero-order valence-corrected chi connectivity index (χ0v) is 39.9. The summed E-state index contributed by atoms with van der Waals surface area (Å²) in [6.45, 7) is 6.54. The minimum atomic E-state index is -2.92. The molecule has 69 heavy (non-hydrogen) atoms. The number of hydrogen-bond acceptors (Lipinski definition) is 24. The van der Waals surface area contributed by atoms with Crippen molar-refractivity contribution in [3.63, 3.8) is 0 Å². The molecule has 2 aliphatic heterocycles. The molecule has 0 bridgehead atoms. The highest BCUT2D eigenvalue weighted by Crippen LogP contribution is 2.47. The minimum absolute atomic E-state index is 0.415. The molecule has 28 heteroatoms. The Morgan fingerprint density at radius 2 is 1.09 bits per heavy atom. The highest BCUT2D eigenvalue weighted by atomic mass is 32.2. The van der Waals surface area contributed by atoms with Crippen molar-refractivity contribution in [2.24, 2.45) is 10.2 Å². The van der Waals surface area contributed by atoms with E-state index in [1.165, 1.54) is 0 Å². The monoisotopic (exact) mass is 996 g/mol. The second-order valence-electron chi connectivity index (χ2n) is 15.2. The fourth-order valence-corrected chi connectivity index (χ4v) is 8.62. The maximum atomic E-state index is 14.1. The molecule has 0 radical (unpaired) electrons. The number of ether oxygens (including phenoxy) is 12. The maximum Gasteiger partial charge on any atom is 0.366 e. The van der Waals surface area contributed by atoms with Crippen LogP contribution in [0.5, 0.6) is 0 Å². The van der Waals surface area contributed by atoms with Gasteiger partial charge in [0.25, 0.3) is 5.79 Å². The number of carbonyl (C=O) groups is 9.